The van der Waals surface area contributed by atoms with Gasteiger partial charge in [0.2, 0.25) is 5.88 Å². The van der Waals surface area contributed by atoms with Crippen LogP contribution in [0.2, 0.25) is 0 Å². The van der Waals surface area contributed by atoms with E-state index in [4.69, 9.17) is 9.47 Å². The third kappa shape index (κ3) is 6.75. The molecule has 0 bridgehead atoms. The summed E-state index contributed by atoms with van der Waals surface area (Å²) in [6.07, 6.45) is 6.52. The van der Waals surface area contributed by atoms with Crippen LogP contribution in [0.4, 0.5) is 4.39 Å². The number of ether oxygens (including phenoxy) is 2. The van der Waals surface area contributed by atoms with E-state index < -0.39 is 0 Å². The Hall–Kier alpha value is -2.21. The highest BCUT2D eigenvalue weighted by molar-refractivity contribution is 5.22. The minimum atomic E-state index is -0.275. The van der Waals surface area contributed by atoms with Gasteiger partial charge in [0.05, 0.1) is 18.5 Å². The Morgan fingerprint density at radius 3 is 2.68 bits per heavy atom. The van der Waals surface area contributed by atoms with E-state index in [-0.39, 0.29) is 11.4 Å². The molecule has 0 aliphatic carbocycles. The van der Waals surface area contributed by atoms with E-state index in [2.05, 4.69) is 14.9 Å². The molecule has 0 saturated carbocycles. The molecule has 1 aromatic heterocycles. The molecule has 0 radical (unpaired) electrons. The largest absolute Gasteiger partial charge is 0.493 e. The molecule has 0 amide bonds. The van der Waals surface area contributed by atoms with E-state index in [0.29, 0.717) is 24.2 Å². The van der Waals surface area contributed by atoms with Crippen LogP contribution in [-0.4, -0.2) is 46.7 Å². The lowest BCUT2D eigenvalue weighted by Gasteiger charge is -2.31. The quantitative estimate of drug-likeness (QED) is 0.715. The standard InChI is InChI=1S/C22H30FN3O2/c1-22(2,3)28-21-15-24-14-19(25-21)9-12-26-10-7-17(8-11-26)16-27-20-6-4-5-18(23)13-20/h4-6,13-15,17H,7-12,16H2,1-3H3. The normalized spacial score (nSPS) is 16.1. The number of piperidine rings is 1. The average Bonchev–Trinajstić information content (AvgIpc) is 2.65. The smallest absolute Gasteiger partial charge is 0.233 e. The Kier molecular flexibility index (Phi) is 6.83. The molecule has 0 N–H and O–H groups in total. The Labute approximate surface area is 166 Å². The molecule has 0 spiro atoms. The first-order valence-corrected chi connectivity index (χ1v) is 9.98. The lowest BCUT2D eigenvalue weighted by Crippen LogP contribution is -2.36. The molecule has 1 aliphatic heterocycles. The molecule has 3 rings (SSSR count). The SMILES string of the molecule is CC(C)(C)Oc1cncc(CCN2CCC(COc3cccc(F)c3)CC2)n1. The molecule has 6 heteroatoms. The van der Waals surface area contributed by atoms with Gasteiger partial charge < -0.3 is 14.4 Å². The van der Waals surface area contributed by atoms with Crippen molar-refractivity contribution < 1.29 is 13.9 Å². The van der Waals surface area contributed by atoms with Crippen LogP contribution in [-0.2, 0) is 6.42 Å². The Balaban J connectivity index is 1.39. The summed E-state index contributed by atoms with van der Waals surface area (Å²) in [7, 11) is 0. The first kappa shape index (κ1) is 20.5. The van der Waals surface area contributed by atoms with Crippen LogP contribution >= 0.6 is 0 Å². The van der Waals surface area contributed by atoms with Crippen LogP contribution in [0.3, 0.4) is 0 Å². The molecule has 0 unspecified atom stereocenters. The summed E-state index contributed by atoms with van der Waals surface area (Å²) in [6, 6.07) is 6.35. The van der Waals surface area contributed by atoms with E-state index in [1.54, 1.807) is 18.3 Å². The fraction of sp³-hybridized carbons (Fsp3) is 0.545. The molecule has 2 heterocycles. The van der Waals surface area contributed by atoms with Gasteiger partial charge in [0.15, 0.2) is 0 Å². The summed E-state index contributed by atoms with van der Waals surface area (Å²) in [4.78, 5) is 11.3. The van der Waals surface area contributed by atoms with Crippen molar-refractivity contribution in [1.29, 1.82) is 0 Å². The van der Waals surface area contributed by atoms with Gasteiger partial charge in [-0.15, -0.1) is 0 Å². The summed E-state index contributed by atoms with van der Waals surface area (Å²) >= 11 is 0. The first-order chi connectivity index (χ1) is 13.4. The molecule has 28 heavy (non-hydrogen) atoms. The van der Waals surface area contributed by atoms with Crippen molar-refractivity contribution in [3.8, 4) is 11.6 Å². The van der Waals surface area contributed by atoms with Gasteiger partial charge in [0, 0.05) is 25.2 Å². The first-order valence-electron chi connectivity index (χ1n) is 9.98. The number of likely N-dealkylation sites (tertiary alicyclic amines) is 1. The maximum atomic E-state index is 13.2. The number of benzene rings is 1. The summed E-state index contributed by atoms with van der Waals surface area (Å²) < 4.78 is 24.8. The van der Waals surface area contributed by atoms with Gasteiger partial charge in [-0.2, -0.15) is 0 Å². The van der Waals surface area contributed by atoms with Crippen LogP contribution in [0, 0.1) is 11.7 Å². The minimum Gasteiger partial charge on any atom is -0.493 e. The molecule has 1 saturated heterocycles. The van der Waals surface area contributed by atoms with E-state index in [1.165, 1.54) is 12.1 Å². The Morgan fingerprint density at radius 2 is 1.96 bits per heavy atom. The van der Waals surface area contributed by atoms with Crippen LogP contribution < -0.4 is 9.47 Å². The van der Waals surface area contributed by atoms with E-state index >= 15 is 0 Å². The van der Waals surface area contributed by atoms with Gasteiger partial charge in [0.25, 0.3) is 0 Å². The van der Waals surface area contributed by atoms with Crippen molar-refractivity contribution in [1.82, 2.24) is 14.9 Å². The van der Waals surface area contributed by atoms with E-state index in [1.807, 2.05) is 27.0 Å². The lowest BCUT2D eigenvalue weighted by molar-refractivity contribution is 0.122. The molecular weight excluding hydrogens is 357 g/mol. The summed E-state index contributed by atoms with van der Waals surface area (Å²) in [5.74, 6) is 1.45. The van der Waals surface area contributed by atoms with Gasteiger partial charge >= 0.3 is 0 Å². The van der Waals surface area contributed by atoms with Gasteiger partial charge in [-0.25, -0.2) is 9.37 Å². The molecule has 2 aromatic rings. The second-order valence-electron chi connectivity index (χ2n) is 8.37. The number of hydrogen-bond acceptors (Lipinski definition) is 5. The van der Waals surface area contributed by atoms with Crippen molar-refractivity contribution in [2.45, 2.75) is 45.6 Å². The summed E-state index contributed by atoms with van der Waals surface area (Å²) in [6.45, 7) is 9.71. The molecular formula is C22H30FN3O2. The average molecular weight is 387 g/mol. The Bertz CT molecular complexity index is 755. The van der Waals surface area contributed by atoms with Crippen molar-refractivity contribution in [2.75, 3.05) is 26.2 Å². The van der Waals surface area contributed by atoms with E-state index in [0.717, 1.165) is 44.6 Å². The fourth-order valence-corrected chi connectivity index (χ4v) is 3.29. The molecule has 0 atom stereocenters. The molecule has 152 valence electrons. The predicted octanol–water partition coefficient (Wildman–Crippen LogP) is 4.13. The van der Waals surface area contributed by atoms with Crippen LogP contribution in [0.5, 0.6) is 11.6 Å². The van der Waals surface area contributed by atoms with Gasteiger partial charge in [-0.1, -0.05) is 6.07 Å². The second-order valence-corrected chi connectivity index (χ2v) is 8.37. The van der Waals surface area contributed by atoms with E-state index in [9.17, 15) is 4.39 Å². The predicted molar refractivity (Wildman–Crippen MR) is 107 cm³/mol. The Morgan fingerprint density at radius 1 is 1.18 bits per heavy atom. The highest BCUT2D eigenvalue weighted by Gasteiger charge is 2.20. The van der Waals surface area contributed by atoms with Crippen LogP contribution in [0.15, 0.2) is 36.7 Å². The molecule has 1 aromatic carbocycles. The monoisotopic (exact) mass is 387 g/mol. The fourth-order valence-electron chi connectivity index (χ4n) is 3.29. The van der Waals surface area contributed by atoms with Crippen LogP contribution in [0.1, 0.15) is 39.3 Å². The molecule has 1 aliphatic rings. The number of rotatable bonds is 7. The highest BCUT2D eigenvalue weighted by Crippen LogP contribution is 2.20. The maximum absolute atomic E-state index is 13.2. The van der Waals surface area contributed by atoms with Crippen LogP contribution in [0.25, 0.3) is 0 Å². The highest BCUT2D eigenvalue weighted by atomic mass is 19.1. The lowest BCUT2D eigenvalue weighted by atomic mass is 9.97. The van der Waals surface area contributed by atoms with Crippen molar-refractivity contribution in [2.24, 2.45) is 5.92 Å². The third-order valence-corrected chi connectivity index (χ3v) is 4.75. The number of aromatic nitrogens is 2. The summed E-state index contributed by atoms with van der Waals surface area (Å²) in [5, 5.41) is 0. The van der Waals surface area contributed by atoms with Gasteiger partial charge in [-0.05, 0) is 64.8 Å². The minimum absolute atomic E-state index is 0.257. The van der Waals surface area contributed by atoms with Gasteiger partial charge in [-0.3, -0.25) is 4.98 Å². The van der Waals surface area contributed by atoms with Gasteiger partial charge in [0.1, 0.15) is 17.2 Å². The zero-order chi connectivity index (χ0) is 20.0. The van der Waals surface area contributed by atoms with Crippen molar-refractivity contribution >= 4 is 0 Å². The maximum Gasteiger partial charge on any atom is 0.233 e. The third-order valence-electron chi connectivity index (χ3n) is 4.75. The summed E-state index contributed by atoms with van der Waals surface area (Å²) in [5.41, 5.74) is 0.682. The topological polar surface area (TPSA) is 47.5 Å². The molecule has 1 fully saturated rings. The van der Waals surface area contributed by atoms with Crippen molar-refractivity contribution in [3.05, 3.63) is 48.2 Å². The zero-order valence-corrected chi connectivity index (χ0v) is 17.0. The zero-order valence-electron chi connectivity index (χ0n) is 17.0. The number of nitrogens with zero attached hydrogens (tertiary/aromatic N) is 3. The van der Waals surface area contributed by atoms with Crippen molar-refractivity contribution in [3.63, 3.8) is 0 Å². The molecule has 5 nitrogen and oxygen atoms in total. The number of hydrogen-bond donors (Lipinski definition) is 0. The number of halogens is 1. The second kappa shape index (κ2) is 9.32.